The number of H-pyrrole nitrogens is 1. The fourth-order valence-corrected chi connectivity index (χ4v) is 2.49. The van der Waals surface area contributed by atoms with Crippen molar-refractivity contribution in [2.45, 2.75) is 45.6 Å². The number of piperidine rings is 1. The summed E-state index contributed by atoms with van der Waals surface area (Å²) in [5, 5.41) is 10.2. The van der Waals surface area contributed by atoms with Crippen LogP contribution in [0.3, 0.4) is 0 Å². The van der Waals surface area contributed by atoms with Crippen LogP contribution in [0.25, 0.3) is 0 Å². The molecule has 1 aliphatic heterocycles. The molecule has 0 radical (unpaired) electrons. The summed E-state index contributed by atoms with van der Waals surface area (Å²) in [7, 11) is 0. The molecule has 2 N–H and O–H groups in total. The number of nitrogens with zero attached hydrogens (tertiary/aromatic N) is 3. The van der Waals surface area contributed by atoms with E-state index in [4.69, 9.17) is 0 Å². The number of aromatic nitrogens is 3. The smallest absolute Gasteiger partial charge is 0.293 e. The van der Waals surface area contributed by atoms with Crippen molar-refractivity contribution in [1.82, 2.24) is 25.4 Å². The Morgan fingerprint density at radius 1 is 1.37 bits per heavy atom. The molecular weight excluding hydrogens is 242 g/mol. The highest BCUT2D eigenvalue weighted by Crippen LogP contribution is 2.15. The van der Waals surface area contributed by atoms with Gasteiger partial charge in [-0.25, -0.2) is 4.98 Å². The van der Waals surface area contributed by atoms with Crippen LogP contribution in [0.4, 0.5) is 0 Å². The van der Waals surface area contributed by atoms with E-state index in [0.29, 0.717) is 11.9 Å². The van der Waals surface area contributed by atoms with Crippen LogP contribution in [-0.2, 0) is 6.42 Å². The van der Waals surface area contributed by atoms with Gasteiger partial charge in [-0.2, -0.15) is 0 Å². The van der Waals surface area contributed by atoms with Gasteiger partial charge in [0.05, 0.1) is 0 Å². The highest BCUT2D eigenvalue weighted by atomic mass is 16.2. The highest BCUT2D eigenvalue weighted by Gasteiger charge is 2.27. The molecule has 0 atom stereocenters. The van der Waals surface area contributed by atoms with E-state index < -0.39 is 0 Å². The van der Waals surface area contributed by atoms with Gasteiger partial charge in [0.15, 0.2) is 0 Å². The number of rotatable bonds is 5. The summed E-state index contributed by atoms with van der Waals surface area (Å²) < 4.78 is 0. The first-order valence-electron chi connectivity index (χ1n) is 7.19. The molecule has 1 amide bonds. The van der Waals surface area contributed by atoms with Crippen LogP contribution in [0.15, 0.2) is 0 Å². The fraction of sp³-hybridized carbons (Fsp3) is 0.769. The molecule has 6 nitrogen and oxygen atoms in total. The molecule has 1 fully saturated rings. The highest BCUT2D eigenvalue weighted by molar-refractivity contribution is 5.90. The molecule has 6 heteroatoms. The van der Waals surface area contributed by atoms with Crippen molar-refractivity contribution < 1.29 is 4.79 Å². The Hall–Kier alpha value is -1.43. The molecule has 106 valence electrons. The van der Waals surface area contributed by atoms with Crippen LogP contribution in [0.5, 0.6) is 0 Å². The van der Waals surface area contributed by atoms with E-state index in [9.17, 15) is 4.79 Å². The molecule has 0 aromatic carbocycles. The zero-order valence-corrected chi connectivity index (χ0v) is 11.8. The van der Waals surface area contributed by atoms with Crippen LogP contribution in [0, 0.1) is 0 Å². The van der Waals surface area contributed by atoms with Crippen LogP contribution in [-0.4, -0.2) is 51.7 Å². The van der Waals surface area contributed by atoms with Gasteiger partial charge >= 0.3 is 0 Å². The summed E-state index contributed by atoms with van der Waals surface area (Å²) in [5.74, 6) is 1.04. The third-order valence-electron chi connectivity index (χ3n) is 3.53. The molecular formula is C13H23N5O. The third-order valence-corrected chi connectivity index (χ3v) is 3.53. The minimum atomic E-state index is -0.0373. The van der Waals surface area contributed by atoms with Crippen LogP contribution >= 0.6 is 0 Å². The minimum absolute atomic E-state index is 0.0373. The maximum atomic E-state index is 12.5. The molecule has 0 unspecified atom stereocenters. The summed E-state index contributed by atoms with van der Waals surface area (Å²) in [4.78, 5) is 18.7. The van der Waals surface area contributed by atoms with Gasteiger partial charge in [0, 0.05) is 19.0 Å². The summed E-state index contributed by atoms with van der Waals surface area (Å²) in [6.45, 7) is 6.82. The lowest BCUT2D eigenvalue weighted by molar-refractivity contribution is 0.0630. The van der Waals surface area contributed by atoms with Gasteiger partial charge < -0.3 is 10.2 Å². The molecule has 0 aliphatic carbocycles. The lowest BCUT2D eigenvalue weighted by Gasteiger charge is -2.33. The lowest BCUT2D eigenvalue weighted by Crippen LogP contribution is -2.46. The fourth-order valence-electron chi connectivity index (χ4n) is 2.49. The van der Waals surface area contributed by atoms with E-state index in [1.165, 1.54) is 0 Å². The molecule has 19 heavy (non-hydrogen) atoms. The number of carbonyl (C=O) groups is 1. The second-order valence-corrected chi connectivity index (χ2v) is 4.94. The lowest BCUT2D eigenvalue weighted by atomic mass is 10.0. The number of aromatic amines is 1. The molecule has 0 saturated carbocycles. The van der Waals surface area contributed by atoms with Crippen molar-refractivity contribution >= 4 is 5.91 Å². The number of hydrogen-bond acceptors (Lipinski definition) is 4. The van der Waals surface area contributed by atoms with Crippen LogP contribution < -0.4 is 5.32 Å². The molecule has 1 aromatic heterocycles. The second kappa shape index (κ2) is 6.65. The number of aryl methyl sites for hydroxylation is 1. The van der Waals surface area contributed by atoms with E-state index in [0.717, 1.165) is 51.1 Å². The van der Waals surface area contributed by atoms with E-state index in [-0.39, 0.29) is 5.91 Å². The van der Waals surface area contributed by atoms with Gasteiger partial charge in [-0.15, -0.1) is 5.10 Å². The predicted octanol–water partition coefficient (Wildman–Crippen LogP) is 0.971. The number of amides is 1. The standard InChI is InChI=1S/C13H23N5O/c1-3-9-18(10-5-7-14-8-6-10)13(19)12-15-11(4-2)16-17-12/h10,14H,3-9H2,1-2H3,(H,15,16,17). The van der Waals surface area contributed by atoms with Crippen LogP contribution in [0.2, 0.25) is 0 Å². The average Bonchev–Trinajstić information content (AvgIpc) is 2.94. The van der Waals surface area contributed by atoms with Gasteiger partial charge in [-0.1, -0.05) is 13.8 Å². The first kappa shape index (κ1) is 14.0. The van der Waals surface area contributed by atoms with Gasteiger partial charge in [-0.3, -0.25) is 9.89 Å². The Balaban J connectivity index is 2.10. The van der Waals surface area contributed by atoms with Crippen molar-refractivity contribution in [2.75, 3.05) is 19.6 Å². The van der Waals surface area contributed by atoms with Gasteiger partial charge in [0.25, 0.3) is 5.91 Å². The largest absolute Gasteiger partial charge is 0.333 e. The van der Waals surface area contributed by atoms with Gasteiger partial charge in [0.1, 0.15) is 5.82 Å². The first-order chi connectivity index (χ1) is 9.26. The Labute approximate surface area is 114 Å². The van der Waals surface area contributed by atoms with Crippen molar-refractivity contribution in [3.05, 3.63) is 11.6 Å². The molecule has 1 aliphatic rings. The van der Waals surface area contributed by atoms with Gasteiger partial charge in [0.2, 0.25) is 5.82 Å². The van der Waals surface area contributed by atoms with E-state index in [1.54, 1.807) is 0 Å². The zero-order valence-electron chi connectivity index (χ0n) is 11.8. The second-order valence-electron chi connectivity index (χ2n) is 4.94. The Morgan fingerprint density at radius 3 is 2.68 bits per heavy atom. The Kier molecular flexibility index (Phi) is 4.90. The van der Waals surface area contributed by atoms with E-state index in [2.05, 4.69) is 27.4 Å². The maximum Gasteiger partial charge on any atom is 0.293 e. The van der Waals surface area contributed by atoms with Gasteiger partial charge in [-0.05, 0) is 32.4 Å². The summed E-state index contributed by atoms with van der Waals surface area (Å²) in [6, 6.07) is 0.317. The van der Waals surface area contributed by atoms with Crippen molar-refractivity contribution in [3.8, 4) is 0 Å². The van der Waals surface area contributed by atoms with E-state index >= 15 is 0 Å². The summed E-state index contributed by atoms with van der Waals surface area (Å²) in [6.07, 6.45) is 3.75. The van der Waals surface area contributed by atoms with Crippen molar-refractivity contribution in [1.29, 1.82) is 0 Å². The number of nitrogens with one attached hydrogen (secondary N) is 2. The SMILES string of the molecule is CCCN(C(=O)c1n[nH]c(CC)n1)C1CCNCC1. The third kappa shape index (κ3) is 3.32. The topological polar surface area (TPSA) is 73.9 Å². The number of carbonyl (C=O) groups excluding carboxylic acids is 1. The molecule has 2 rings (SSSR count). The maximum absolute atomic E-state index is 12.5. The molecule has 0 bridgehead atoms. The monoisotopic (exact) mass is 265 g/mol. The minimum Gasteiger partial charge on any atom is -0.333 e. The average molecular weight is 265 g/mol. The molecule has 1 aromatic rings. The Morgan fingerprint density at radius 2 is 2.11 bits per heavy atom. The summed E-state index contributed by atoms with van der Waals surface area (Å²) in [5.41, 5.74) is 0. The molecule has 1 saturated heterocycles. The first-order valence-corrected chi connectivity index (χ1v) is 7.19. The summed E-state index contributed by atoms with van der Waals surface area (Å²) >= 11 is 0. The normalized spacial score (nSPS) is 16.5. The quantitative estimate of drug-likeness (QED) is 0.832. The molecule has 0 spiro atoms. The predicted molar refractivity (Wildman–Crippen MR) is 73.0 cm³/mol. The van der Waals surface area contributed by atoms with Crippen molar-refractivity contribution in [2.24, 2.45) is 0 Å². The van der Waals surface area contributed by atoms with Crippen molar-refractivity contribution in [3.63, 3.8) is 0 Å². The van der Waals surface area contributed by atoms with E-state index in [1.807, 2.05) is 11.8 Å². The number of hydrogen-bond donors (Lipinski definition) is 2. The van der Waals surface area contributed by atoms with Crippen LogP contribution in [0.1, 0.15) is 49.6 Å². The molecule has 2 heterocycles. The zero-order chi connectivity index (χ0) is 13.7. The Bertz CT molecular complexity index is 411.